The summed E-state index contributed by atoms with van der Waals surface area (Å²) in [7, 11) is 4.09. The van der Waals surface area contributed by atoms with Crippen LogP contribution in [0.2, 0.25) is 0 Å². The molecule has 0 fully saturated rings. The van der Waals surface area contributed by atoms with E-state index in [1.807, 2.05) is 12.1 Å². The van der Waals surface area contributed by atoms with Gasteiger partial charge in [-0.15, -0.1) is 0 Å². The minimum Gasteiger partial charge on any atom is -0.496 e. The Morgan fingerprint density at radius 1 is 0.900 bits per heavy atom. The van der Waals surface area contributed by atoms with Gasteiger partial charge in [-0.2, -0.15) is 0 Å². The summed E-state index contributed by atoms with van der Waals surface area (Å²) in [5.74, 6) is -0.908. The maximum atomic E-state index is 13.3. The van der Waals surface area contributed by atoms with Crippen LogP contribution in [-0.4, -0.2) is 39.2 Å². The minimum absolute atomic E-state index is 0.172. The fraction of sp³-hybridized carbons (Fsp3) is 0.174. The van der Waals surface area contributed by atoms with E-state index in [1.165, 1.54) is 26.2 Å². The largest absolute Gasteiger partial charge is 0.496 e. The lowest BCUT2D eigenvalue weighted by Crippen LogP contribution is -2.24. The van der Waals surface area contributed by atoms with Crippen molar-refractivity contribution in [2.75, 3.05) is 26.2 Å². The first-order valence-corrected chi connectivity index (χ1v) is 9.10. The number of hydrogen-bond acceptors (Lipinski definition) is 6. The molecule has 30 heavy (non-hydrogen) atoms. The van der Waals surface area contributed by atoms with Crippen LogP contribution in [0, 0.1) is 0 Å². The molecule has 1 aliphatic heterocycles. The van der Waals surface area contributed by atoms with Crippen molar-refractivity contribution in [3.05, 3.63) is 76.5 Å². The Morgan fingerprint density at radius 2 is 1.53 bits per heavy atom. The molecule has 1 aliphatic rings. The number of rotatable bonds is 5. The number of nitrogens with zero attached hydrogens (tertiary/aromatic N) is 1. The molecule has 0 bridgehead atoms. The summed E-state index contributed by atoms with van der Waals surface area (Å²) in [6.07, 6.45) is 1.61. The molecule has 2 aromatic rings. The number of methoxy groups -OCH3 is 3. The van der Waals surface area contributed by atoms with Crippen LogP contribution in [0.4, 0.5) is 5.69 Å². The molecule has 0 atom stereocenters. The molecule has 0 radical (unpaired) electrons. The summed E-state index contributed by atoms with van der Waals surface area (Å²) < 4.78 is 15.0. The van der Waals surface area contributed by atoms with E-state index in [4.69, 9.17) is 14.2 Å². The van der Waals surface area contributed by atoms with Gasteiger partial charge in [0.05, 0.1) is 38.0 Å². The SMILES string of the molecule is COC(=O)C1=C(C)N(c2ccc(C(=O)OC)cc2)C(=O)/C1=C\c1ccccc1OC. The summed E-state index contributed by atoms with van der Waals surface area (Å²) in [5.41, 5.74) is 2.31. The summed E-state index contributed by atoms with van der Waals surface area (Å²) in [4.78, 5) is 38.9. The normalized spacial score (nSPS) is 14.9. The summed E-state index contributed by atoms with van der Waals surface area (Å²) in [6, 6.07) is 13.5. The Morgan fingerprint density at radius 3 is 2.13 bits per heavy atom. The lowest BCUT2D eigenvalue weighted by atomic mass is 10.0. The zero-order valence-electron chi connectivity index (χ0n) is 17.1. The Balaban J connectivity index is 2.10. The van der Waals surface area contributed by atoms with Crippen molar-refractivity contribution < 1.29 is 28.6 Å². The number of benzene rings is 2. The Hall–Kier alpha value is -3.87. The van der Waals surface area contributed by atoms with E-state index in [2.05, 4.69) is 0 Å². The molecule has 7 heteroatoms. The fourth-order valence-electron chi connectivity index (χ4n) is 3.30. The van der Waals surface area contributed by atoms with E-state index in [-0.39, 0.29) is 17.1 Å². The van der Waals surface area contributed by atoms with E-state index in [0.717, 1.165) is 0 Å². The number of anilines is 1. The second kappa shape index (κ2) is 8.65. The summed E-state index contributed by atoms with van der Waals surface area (Å²) >= 11 is 0. The molecule has 1 heterocycles. The lowest BCUT2D eigenvalue weighted by molar-refractivity contribution is -0.136. The first kappa shape index (κ1) is 20.9. The van der Waals surface area contributed by atoms with Crippen molar-refractivity contribution in [1.82, 2.24) is 0 Å². The molecule has 0 N–H and O–H groups in total. The van der Waals surface area contributed by atoms with Gasteiger partial charge in [-0.1, -0.05) is 18.2 Å². The molecule has 154 valence electrons. The van der Waals surface area contributed by atoms with Crippen LogP contribution in [0.1, 0.15) is 22.8 Å². The molecule has 2 aromatic carbocycles. The van der Waals surface area contributed by atoms with Crippen molar-refractivity contribution >= 4 is 29.6 Å². The molecule has 0 aliphatic carbocycles. The van der Waals surface area contributed by atoms with Gasteiger partial charge >= 0.3 is 11.9 Å². The second-order valence-corrected chi connectivity index (χ2v) is 6.43. The van der Waals surface area contributed by atoms with E-state index < -0.39 is 11.9 Å². The number of esters is 2. The van der Waals surface area contributed by atoms with Crippen LogP contribution in [-0.2, 0) is 19.1 Å². The number of allylic oxidation sites excluding steroid dienone is 1. The smallest absolute Gasteiger partial charge is 0.340 e. The molecule has 0 spiro atoms. The second-order valence-electron chi connectivity index (χ2n) is 6.43. The van der Waals surface area contributed by atoms with Crippen LogP contribution in [0.25, 0.3) is 6.08 Å². The number of amides is 1. The number of carbonyl (C=O) groups excluding carboxylic acids is 3. The first-order chi connectivity index (χ1) is 14.4. The predicted octanol–water partition coefficient (Wildman–Crippen LogP) is 3.36. The number of para-hydroxylation sites is 1. The summed E-state index contributed by atoms with van der Waals surface area (Å²) in [5, 5.41) is 0. The van der Waals surface area contributed by atoms with Gasteiger partial charge in [-0.3, -0.25) is 9.69 Å². The summed E-state index contributed by atoms with van der Waals surface area (Å²) in [6.45, 7) is 1.67. The number of hydrogen-bond donors (Lipinski definition) is 0. The van der Waals surface area contributed by atoms with Gasteiger partial charge in [0.2, 0.25) is 0 Å². The third kappa shape index (κ3) is 3.69. The number of ether oxygens (including phenoxy) is 3. The van der Waals surface area contributed by atoms with E-state index >= 15 is 0 Å². The van der Waals surface area contributed by atoms with Crippen molar-refractivity contribution in [2.45, 2.75) is 6.92 Å². The highest BCUT2D eigenvalue weighted by Crippen LogP contribution is 2.36. The van der Waals surface area contributed by atoms with Gasteiger partial charge in [0.1, 0.15) is 5.75 Å². The highest BCUT2D eigenvalue weighted by Gasteiger charge is 2.38. The fourth-order valence-corrected chi connectivity index (χ4v) is 3.30. The van der Waals surface area contributed by atoms with Gasteiger partial charge in [0.15, 0.2) is 0 Å². The van der Waals surface area contributed by atoms with Crippen molar-refractivity contribution in [3.8, 4) is 5.75 Å². The molecule has 0 saturated carbocycles. The molecule has 0 saturated heterocycles. The molecule has 0 aromatic heterocycles. The van der Waals surface area contributed by atoms with Gasteiger partial charge in [0.25, 0.3) is 5.91 Å². The van der Waals surface area contributed by atoms with Crippen LogP contribution < -0.4 is 9.64 Å². The third-order valence-corrected chi connectivity index (χ3v) is 4.77. The Kier molecular flexibility index (Phi) is 6.01. The van der Waals surface area contributed by atoms with Gasteiger partial charge in [-0.25, -0.2) is 9.59 Å². The third-order valence-electron chi connectivity index (χ3n) is 4.77. The molecule has 1 amide bonds. The Bertz CT molecular complexity index is 1070. The van der Waals surface area contributed by atoms with Crippen LogP contribution in [0.15, 0.2) is 65.4 Å². The van der Waals surface area contributed by atoms with E-state index in [1.54, 1.807) is 49.4 Å². The van der Waals surface area contributed by atoms with Gasteiger partial charge in [-0.05, 0) is 43.3 Å². The van der Waals surface area contributed by atoms with Gasteiger partial charge < -0.3 is 14.2 Å². The monoisotopic (exact) mass is 407 g/mol. The zero-order chi connectivity index (χ0) is 21.8. The van der Waals surface area contributed by atoms with Crippen molar-refractivity contribution in [1.29, 1.82) is 0 Å². The molecule has 0 unspecified atom stereocenters. The van der Waals surface area contributed by atoms with Crippen LogP contribution in [0.3, 0.4) is 0 Å². The minimum atomic E-state index is -0.615. The zero-order valence-corrected chi connectivity index (χ0v) is 17.1. The van der Waals surface area contributed by atoms with Gasteiger partial charge in [0, 0.05) is 16.9 Å². The quantitative estimate of drug-likeness (QED) is 0.558. The Labute approximate surface area is 174 Å². The van der Waals surface area contributed by atoms with E-state index in [9.17, 15) is 14.4 Å². The molecular formula is C23H21NO6. The van der Waals surface area contributed by atoms with Crippen LogP contribution in [0.5, 0.6) is 5.75 Å². The van der Waals surface area contributed by atoms with Crippen molar-refractivity contribution in [2.24, 2.45) is 0 Å². The maximum absolute atomic E-state index is 13.3. The average Bonchev–Trinajstić information content (AvgIpc) is 3.02. The topological polar surface area (TPSA) is 82.1 Å². The van der Waals surface area contributed by atoms with Crippen molar-refractivity contribution in [3.63, 3.8) is 0 Å². The van der Waals surface area contributed by atoms with E-state index in [0.29, 0.717) is 28.3 Å². The average molecular weight is 407 g/mol. The molecule has 3 rings (SSSR count). The lowest BCUT2D eigenvalue weighted by Gasteiger charge is -2.18. The molecular weight excluding hydrogens is 386 g/mol. The standard InChI is InChI=1S/C23H21NO6/c1-14-20(23(27)30-4)18(13-16-7-5-6-8-19(16)28-2)21(25)24(14)17-11-9-15(10-12-17)22(26)29-3/h5-13H,1-4H3/b18-13-. The predicted molar refractivity (Wildman–Crippen MR) is 111 cm³/mol. The molecule has 7 nitrogen and oxygen atoms in total. The maximum Gasteiger partial charge on any atom is 0.340 e. The van der Waals surface area contributed by atoms with Crippen LogP contribution >= 0.6 is 0 Å². The first-order valence-electron chi connectivity index (χ1n) is 9.10. The highest BCUT2D eigenvalue weighted by atomic mass is 16.5. The number of carbonyl (C=O) groups is 3. The highest BCUT2D eigenvalue weighted by molar-refractivity contribution is 6.24.